The van der Waals surface area contributed by atoms with Crippen molar-refractivity contribution in [3.8, 4) is 11.5 Å². The summed E-state index contributed by atoms with van der Waals surface area (Å²) in [5.74, 6) is 0.358. The molecule has 6 nitrogen and oxygen atoms in total. The van der Waals surface area contributed by atoms with Crippen LogP contribution in [0.3, 0.4) is 0 Å². The number of aryl methyl sites for hydroxylation is 1. The zero-order valence-electron chi connectivity index (χ0n) is 12.5. The molecule has 3 N–H and O–H groups in total. The van der Waals surface area contributed by atoms with Crippen molar-refractivity contribution in [2.75, 3.05) is 5.32 Å². The molecular formula is C15H20N4O2. The summed E-state index contributed by atoms with van der Waals surface area (Å²) in [6, 6.07) is 5.04. The van der Waals surface area contributed by atoms with Crippen molar-refractivity contribution >= 4 is 11.6 Å². The van der Waals surface area contributed by atoms with Crippen molar-refractivity contribution < 1.29 is 9.21 Å². The monoisotopic (exact) mass is 288 g/mol. The van der Waals surface area contributed by atoms with E-state index in [1.807, 2.05) is 39.0 Å². The second-order valence-electron chi connectivity index (χ2n) is 5.17. The number of aromatic nitrogens is 2. The van der Waals surface area contributed by atoms with Gasteiger partial charge in [0.2, 0.25) is 18.2 Å². The van der Waals surface area contributed by atoms with E-state index in [0.29, 0.717) is 11.6 Å². The fraction of sp³-hybridized carbons (Fsp3) is 0.400. The molecule has 0 unspecified atom stereocenters. The van der Waals surface area contributed by atoms with Crippen LogP contribution in [0.2, 0.25) is 0 Å². The van der Waals surface area contributed by atoms with Gasteiger partial charge in [-0.05, 0) is 30.5 Å². The standard InChI is InChI=1S/C15H20N4O2/c1-4-9(2)13(16)14(20)18-12-7-11(6-5-10(12)3)15-19-17-8-21-15/h5-9,13H,4,16H2,1-3H3,(H,18,20)/t9-,13-/m0/s1. The largest absolute Gasteiger partial charge is 0.423 e. The van der Waals surface area contributed by atoms with Crippen LogP contribution in [0, 0.1) is 12.8 Å². The summed E-state index contributed by atoms with van der Waals surface area (Å²) in [4.78, 5) is 12.2. The van der Waals surface area contributed by atoms with Gasteiger partial charge in [-0.3, -0.25) is 4.79 Å². The maximum Gasteiger partial charge on any atom is 0.247 e. The summed E-state index contributed by atoms with van der Waals surface area (Å²) in [6.07, 6.45) is 2.13. The molecule has 21 heavy (non-hydrogen) atoms. The van der Waals surface area contributed by atoms with E-state index in [4.69, 9.17) is 10.2 Å². The van der Waals surface area contributed by atoms with E-state index in [1.54, 1.807) is 0 Å². The Labute approximate surface area is 123 Å². The van der Waals surface area contributed by atoms with Gasteiger partial charge >= 0.3 is 0 Å². The molecule has 1 aromatic heterocycles. The molecule has 2 aromatic rings. The first kappa shape index (κ1) is 15.2. The van der Waals surface area contributed by atoms with Gasteiger partial charge < -0.3 is 15.5 Å². The van der Waals surface area contributed by atoms with Gasteiger partial charge in [-0.25, -0.2) is 0 Å². The zero-order valence-corrected chi connectivity index (χ0v) is 12.5. The molecule has 0 radical (unpaired) electrons. The minimum Gasteiger partial charge on any atom is -0.423 e. The van der Waals surface area contributed by atoms with Gasteiger partial charge in [0.15, 0.2) is 0 Å². The maximum atomic E-state index is 12.2. The summed E-state index contributed by atoms with van der Waals surface area (Å²) in [6.45, 7) is 5.90. The van der Waals surface area contributed by atoms with E-state index >= 15 is 0 Å². The third kappa shape index (κ3) is 3.46. The first-order valence-electron chi connectivity index (χ1n) is 6.96. The number of nitrogens with one attached hydrogen (secondary N) is 1. The van der Waals surface area contributed by atoms with Gasteiger partial charge in [-0.15, -0.1) is 10.2 Å². The molecule has 2 atom stereocenters. The highest BCUT2D eigenvalue weighted by Crippen LogP contribution is 2.24. The lowest BCUT2D eigenvalue weighted by Gasteiger charge is -2.18. The highest BCUT2D eigenvalue weighted by molar-refractivity contribution is 5.96. The van der Waals surface area contributed by atoms with Gasteiger partial charge in [0.05, 0.1) is 6.04 Å². The first-order valence-corrected chi connectivity index (χ1v) is 6.96. The number of carbonyl (C=O) groups is 1. The zero-order chi connectivity index (χ0) is 15.4. The Morgan fingerprint density at radius 2 is 2.24 bits per heavy atom. The normalized spacial score (nSPS) is 13.7. The molecule has 2 rings (SSSR count). The van der Waals surface area contributed by atoms with Gasteiger partial charge in [0, 0.05) is 11.3 Å². The van der Waals surface area contributed by atoms with Crippen LogP contribution in [0.25, 0.3) is 11.5 Å². The van der Waals surface area contributed by atoms with E-state index in [9.17, 15) is 4.79 Å². The highest BCUT2D eigenvalue weighted by atomic mass is 16.4. The topological polar surface area (TPSA) is 94.0 Å². The second-order valence-corrected chi connectivity index (χ2v) is 5.17. The molecule has 0 bridgehead atoms. The number of nitrogens with zero attached hydrogens (tertiary/aromatic N) is 2. The molecule has 1 aromatic carbocycles. The van der Waals surface area contributed by atoms with Crippen LogP contribution in [0.1, 0.15) is 25.8 Å². The molecule has 0 aliphatic rings. The van der Waals surface area contributed by atoms with E-state index in [-0.39, 0.29) is 11.8 Å². The first-order chi connectivity index (χ1) is 10.0. The van der Waals surface area contributed by atoms with Gasteiger partial charge in [0.1, 0.15) is 0 Å². The average Bonchev–Trinajstić information content (AvgIpc) is 3.02. The van der Waals surface area contributed by atoms with Crippen LogP contribution < -0.4 is 11.1 Å². The smallest absolute Gasteiger partial charge is 0.247 e. The van der Waals surface area contributed by atoms with Crippen molar-refractivity contribution in [3.05, 3.63) is 30.2 Å². The van der Waals surface area contributed by atoms with Gasteiger partial charge in [-0.1, -0.05) is 26.3 Å². The van der Waals surface area contributed by atoms with Crippen LogP contribution in [0.4, 0.5) is 5.69 Å². The predicted octanol–water partition coefficient (Wildman–Crippen LogP) is 2.36. The molecule has 0 aliphatic heterocycles. The highest BCUT2D eigenvalue weighted by Gasteiger charge is 2.20. The Kier molecular flexibility index (Phi) is 4.70. The molecule has 0 spiro atoms. The summed E-state index contributed by atoms with van der Waals surface area (Å²) in [5.41, 5.74) is 8.35. The lowest BCUT2D eigenvalue weighted by Crippen LogP contribution is -2.40. The number of rotatable bonds is 5. The number of hydrogen-bond acceptors (Lipinski definition) is 5. The van der Waals surface area contributed by atoms with Gasteiger partial charge in [-0.2, -0.15) is 0 Å². The number of anilines is 1. The van der Waals surface area contributed by atoms with Gasteiger partial charge in [0.25, 0.3) is 0 Å². The second kappa shape index (κ2) is 6.49. The molecule has 0 aliphatic carbocycles. The Bertz CT molecular complexity index is 610. The number of nitrogens with two attached hydrogens (primary N) is 1. The summed E-state index contributed by atoms with van der Waals surface area (Å²) in [5, 5.41) is 10.4. The SMILES string of the molecule is CC[C@H](C)[C@H](N)C(=O)Nc1cc(-c2nnco2)ccc1C. The molecular weight excluding hydrogens is 268 g/mol. The number of amides is 1. The number of benzene rings is 1. The van der Waals surface area contributed by atoms with Crippen LogP contribution in [-0.2, 0) is 4.79 Å². The molecule has 0 saturated heterocycles. The lowest BCUT2D eigenvalue weighted by molar-refractivity contribution is -0.118. The Hall–Kier alpha value is -2.21. The van der Waals surface area contributed by atoms with Crippen molar-refractivity contribution in [3.63, 3.8) is 0 Å². The van der Waals surface area contributed by atoms with Crippen molar-refractivity contribution in [1.29, 1.82) is 0 Å². The third-order valence-corrected chi connectivity index (χ3v) is 3.66. The van der Waals surface area contributed by atoms with E-state index in [0.717, 1.165) is 17.5 Å². The van der Waals surface area contributed by atoms with Crippen LogP contribution in [-0.4, -0.2) is 22.1 Å². The van der Waals surface area contributed by atoms with Crippen LogP contribution in [0.5, 0.6) is 0 Å². The minimum atomic E-state index is -0.526. The quantitative estimate of drug-likeness (QED) is 0.880. The van der Waals surface area contributed by atoms with E-state index in [2.05, 4.69) is 15.5 Å². The fourth-order valence-electron chi connectivity index (χ4n) is 1.92. The number of hydrogen-bond donors (Lipinski definition) is 2. The molecule has 1 heterocycles. The van der Waals surface area contributed by atoms with Crippen LogP contribution in [0.15, 0.2) is 29.0 Å². The summed E-state index contributed by atoms with van der Waals surface area (Å²) < 4.78 is 5.16. The molecule has 0 fully saturated rings. The Morgan fingerprint density at radius 1 is 1.48 bits per heavy atom. The summed E-state index contributed by atoms with van der Waals surface area (Å²) in [7, 11) is 0. The number of carbonyl (C=O) groups excluding carboxylic acids is 1. The fourth-order valence-corrected chi connectivity index (χ4v) is 1.92. The van der Waals surface area contributed by atoms with Crippen molar-refractivity contribution in [2.24, 2.45) is 11.7 Å². The van der Waals surface area contributed by atoms with E-state index in [1.165, 1.54) is 6.39 Å². The minimum absolute atomic E-state index is 0.129. The summed E-state index contributed by atoms with van der Waals surface area (Å²) >= 11 is 0. The van der Waals surface area contributed by atoms with E-state index < -0.39 is 6.04 Å². The predicted molar refractivity (Wildman–Crippen MR) is 80.5 cm³/mol. The maximum absolute atomic E-state index is 12.2. The van der Waals surface area contributed by atoms with Crippen molar-refractivity contribution in [1.82, 2.24) is 10.2 Å². The Morgan fingerprint density at radius 3 is 2.86 bits per heavy atom. The third-order valence-electron chi connectivity index (χ3n) is 3.66. The molecule has 112 valence electrons. The lowest BCUT2D eigenvalue weighted by atomic mass is 9.99. The molecule has 0 saturated carbocycles. The van der Waals surface area contributed by atoms with Crippen molar-refractivity contribution in [2.45, 2.75) is 33.2 Å². The molecule has 1 amide bonds. The average molecular weight is 288 g/mol. The Balaban J connectivity index is 2.20. The van der Waals surface area contributed by atoms with Crippen LogP contribution >= 0.6 is 0 Å². The molecule has 6 heteroatoms.